The summed E-state index contributed by atoms with van der Waals surface area (Å²) in [6.45, 7) is 1.94. The van der Waals surface area contributed by atoms with Gasteiger partial charge < -0.3 is 0 Å². The number of nitrogens with zero attached hydrogens (tertiary/aromatic N) is 3. The Hall–Kier alpha value is -0.130. The Kier molecular flexibility index (Phi) is 2.33. The second-order valence-electron chi connectivity index (χ2n) is 2.56. The van der Waals surface area contributed by atoms with Crippen molar-refractivity contribution in [2.24, 2.45) is 0 Å². The lowest BCUT2D eigenvalue weighted by molar-refractivity contribution is 0.922. The quantitative estimate of drug-likeness (QED) is 0.744. The molecule has 0 aliphatic heterocycles. The second-order valence-corrected chi connectivity index (χ2v) is 4.53. The van der Waals surface area contributed by atoms with Crippen LogP contribution in [-0.2, 0) is 0 Å². The van der Waals surface area contributed by atoms with E-state index in [-0.39, 0.29) is 0 Å². The van der Waals surface area contributed by atoms with E-state index in [2.05, 4.69) is 41.9 Å². The van der Waals surface area contributed by atoms with Gasteiger partial charge in [0.25, 0.3) is 0 Å². The molecule has 0 spiro atoms. The van der Waals surface area contributed by atoms with E-state index in [9.17, 15) is 0 Å². The van der Waals surface area contributed by atoms with Gasteiger partial charge in [0.1, 0.15) is 4.60 Å². The highest BCUT2D eigenvalue weighted by Crippen LogP contribution is 2.26. The number of rotatable bonds is 0. The predicted molar refractivity (Wildman–Crippen MR) is 58.1 cm³/mol. The zero-order valence-corrected chi connectivity index (χ0v) is 10.5. The number of halogens is 3. The van der Waals surface area contributed by atoms with Gasteiger partial charge in [0.05, 0.1) is 10.7 Å². The van der Waals surface area contributed by atoms with Crippen LogP contribution in [0.1, 0.15) is 5.56 Å². The molecule has 3 nitrogen and oxygen atoms in total. The van der Waals surface area contributed by atoms with Gasteiger partial charge in [-0.1, -0.05) is 11.6 Å². The summed E-state index contributed by atoms with van der Waals surface area (Å²) < 4.78 is 3.18. The molecular formula is C7H4Br2ClN3. The minimum atomic E-state index is 0.440. The summed E-state index contributed by atoms with van der Waals surface area (Å²) in [5, 5.41) is 4.54. The molecule has 0 unspecified atom stereocenters. The summed E-state index contributed by atoms with van der Waals surface area (Å²) in [4.78, 5) is 4.24. The normalized spacial score (nSPS) is 11.1. The number of aryl methyl sites for hydroxylation is 1. The molecular weight excluding hydrogens is 321 g/mol. The highest BCUT2D eigenvalue weighted by atomic mass is 79.9. The van der Waals surface area contributed by atoms with E-state index in [4.69, 9.17) is 11.6 Å². The number of imidazole rings is 1. The fourth-order valence-corrected chi connectivity index (χ4v) is 1.91. The predicted octanol–water partition coefficient (Wildman–Crippen LogP) is 3.22. The average molecular weight is 325 g/mol. The number of hydrogen-bond acceptors (Lipinski definition) is 2. The first-order valence-corrected chi connectivity index (χ1v) is 5.42. The van der Waals surface area contributed by atoms with Crippen molar-refractivity contribution in [3.05, 3.63) is 26.0 Å². The molecule has 0 saturated carbocycles. The van der Waals surface area contributed by atoms with E-state index < -0.39 is 0 Å². The summed E-state index contributed by atoms with van der Waals surface area (Å²) in [6, 6.07) is 0. The first-order valence-electron chi connectivity index (χ1n) is 3.46. The van der Waals surface area contributed by atoms with E-state index in [0.29, 0.717) is 5.15 Å². The van der Waals surface area contributed by atoms with Crippen molar-refractivity contribution in [2.45, 2.75) is 6.92 Å². The molecule has 0 atom stereocenters. The third kappa shape index (κ3) is 1.49. The lowest BCUT2D eigenvalue weighted by atomic mass is 10.3. The molecule has 0 fully saturated rings. The molecule has 2 aromatic rings. The molecule has 13 heavy (non-hydrogen) atoms. The third-order valence-electron chi connectivity index (χ3n) is 1.70. The molecule has 68 valence electrons. The van der Waals surface area contributed by atoms with Crippen molar-refractivity contribution >= 4 is 49.1 Å². The average Bonchev–Trinajstić information content (AvgIpc) is 2.42. The maximum atomic E-state index is 5.88. The zero-order valence-electron chi connectivity index (χ0n) is 6.55. The van der Waals surface area contributed by atoms with Crippen LogP contribution in [0.3, 0.4) is 0 Å². The fraction of sp³-hybridized carbons (Fsp3) is 0.143. The van der Waals surface area contributed by atoms with Gasteiger partial charge in [-0.15, -0.1) is 0 Å². The van der Waals surface area contributed by atoms with Crippen molar-refractivity contribution in [1.82, 2.24) is 14.6 Å². The minimum absolute atomic E-state index is 0.440. The smallest absolute Gasteiger partial charge is 0.164 e. The van der Waals surface area contributed by atoms with Gasteiger partial charge in [-0.25, -0.2) is 9.50 Å². The van der Waals surface area contributed by atoms with Crippen LogP contribution in [0.5, 0.6) is 0 Å². The Balaban J connectivity index is 2.92. The Bertz CT molecular complexity index is 480. The highest BCUT2D eigenvalue weighted by Gasteiger charge is 2.10. The van der Waals surface area contributed by atoms with Crippen LogP contribution < -0.4 is 0 Å². The summed E-state index contributed by atoms with van der Waals surface area (Å²) in [7, 11) is 0. The SMILES string of the molecule is Cc1c(Br)c(Cl)nn2cc(Br)nc12. The van der Waals surface area contributed by atoms with Crippen LogP contribution in [-0.4, -0.2) is 14.6 Å². The van der Waals surface area contributed by atoms with Gasteiger partial charge in [0.2, 0.25) is 0 Å². The van der Waals surface area contributed by atoms with E-state index in [0.717, 1.165) is 20.3 Å². The maximum Gasteiger partial charge on any atom is 0.164 e. The molecule has 2 heterocycles. The van der Waals surface area contributed by atoms with Crippen LogP contribution >= 0.6 is 43.5 Å². The van der Waals surface area contributed by atoms with Crippen LogP contribution in [0, 0.1) is 6.92 Å². The first kappa shape index (κ1) is 9.43. The van der Waals surface area contributed by atoms with Gasteiger partial charge in [0.15, 0.2) is 10.8 Å². The summed E-state index contributed by atoms with van der Waals surface area (Å²) in [5.41, 5.74) is 1.77. The summed E-state index contributed by atoms with van der Waals surface area (Å²) in [5.74, 6) is 0. The number of hydrogen-bond donors (Lipinski definition) is 0. The Labute approximate surface area is 96.4 Å². The van der Waals surface area contributed by atoms with Crippen LogP contribution in [0.4, 0.5) is 0 Å². The van der Waals surface area contributed by atoms with E-state index >= 15 is 0 Å². The van der Waals surface area contributed by atoms with E-state index in [1.807, 2.05) is 6.92 Å². The lowest BCUT2D eigenvalue weighted by Crippen LogP contribution is -1.95. The monoisotopic (exact) mass is 323 g/mol. The van der Waals surface area contributed by atoms with Crippen molar-refractivity contribution in [3.63, 3.8) is 0 Å². The fourth-order valence-electron chi connectivity index (χ4n) is 1.07. The molecule has 0 saturated heterocycles. The van der Waals surface area contributed by atoms with Gasteiger partial charge in [0, 0.05) is 5.56 Å². The van der Waals surface area contributed by atoms with Gasteiger partial charge in [-0.05, 0) is 38.8 Å². The molecule has 0 N–H and O–H groups in total. The molecule has 0 aliphatic carbocycles. The third-order valence-corrected chi connectivity index (χ3v) is 3.55. The van der Waals surface area contributed by atoms with Gasteiger partial charge in [-0.2, -0.15) is 5.10 Å². The van der Waals surface area contributed by atoms with E-state index in [1.165, 1.54) is 0 Å². The molecule has 0 aliphatic rings. The minimum Gasteiger partial charge on any atom is -0.220 e. The molecule has 0 amide bonds. The van der Waals surface area contributed by atoms with Crippen molar-refractivity contribution < 1.29 is 0 Å². The largest absolute Gasteiger partial charge is 0.220 e. The Morgan fingerprint density at radius 2 is 2.15 bits per heavy atom. The Morgan fingerprint density at radius 1 is 1.46 bits per heavy atom. The van der Waals surface area contributed by atoms with E-state index in [1.54, 1.807) is 10.7 Å². The molecule has 0 bridgehead atoms. The first-order chi connectivity index (χ1) is 6.09. The molecule has 6 heteroatoms. The van der Waals surface area contributed by atoms with Gasteiger partial charge in [-0.3, -0.25) is 0 Å². The summed E-state index contributed by atoms with van der Waals surface area (Å²) in [6.07, 6.45) is 1.76. The van der Waals surface area contributed by atoms with Gasteiger partial charge >= 0.3 is 0 Å². The standard InChI is InChI=1S/C7H4Br2ClN3/c1-3-5(9)6(10)12-13-2-4(8)11-7(3)13/h2H,1H3. The topological polar surface area (TPSA) is 30.2 Å². The van der Waals surface area contributed by atoms with Crippen molar-refractivity contribution in [1.29, 1.82) is 0 Å². The van der Waals surface area contributed by atoms with Crippen LogP contribution in [0.25, 0.3) is 5.65 Å². The summed E-state index contributed by atoms with van der Waals surface area (Å²) >= 11 is 12.5. The molecule has 0 aromatic carbocycles. The van der Waals surface area contributed by atoms with Crippen molar-refractivity contribution in [2.75, 3.05) is 0 Å². The molecule has 0 radical (unpaired) electrons. The van der Waals surface area contributed by atoms with Crippen LogP contribution in [0.2, 0.25) is 5.15 Å². The molecule has 2 rings (SSSR count). The van der Waals surface area contributed by atoms with Crippen molar-refractivity contribution in [3.8, 4) is 0 Å². The Morgan fingerprint density at radius 3 is 2.85 bits per heavy atom. The second kappa shape index (κ2) is 3.22. The lowest BCUT2D eigenvalue weighted by Gasteiger charge is -2.01. The maximum absolute atomic E-state index is 5.88. The number of fused-ring (bicyclic) bond motifs is 1. The number of aromatic nitrogens is 3. The van der Waals surface area contributed by atoms with Crippen LogP contribution in [0.15, 0.2) is 15.3 Å². The molecule has 2 aromatic heterocycles. The highest BCUT2D eigenvalue weighted by molar-refractivity contribution is 9.10. The zero-order chi connectivity index (χ0) is 9.59.